The Labute approximate surface area is 88.8 Å². The first-order chi connectivity index (χ1) is 7.11. The van der Waals surface area contributed by atoms with Crippen LogP contribution in [0.15, 0.2) is 0 Å². The molecular weight excluding hydrogens is 194 g/mol. The number of hydrogen-bond donors (Lipinski definition) is 1. The minimum atomic E-state index is 0.0635. The van der Waals surface area contributed by atoms with Crippen molar-refractivity contribution in [3.05, 3.63) is 5.82 Å². The first kappa shape index (κ1) is 10.5. The van der Waals surface area contributed by atoms with E-state index in [0.29, 0.717) is 6.54 Å². The number of nitrogens with zero attached hydrogens (tertiary/aromatic N) is 4. The zero-order valence-corrected chi connectivity index (χ0v) is 9.34. The van der Waals surface area contributed by atoms with E-state index in [1.165, 1.54) is 0 Å². The maximum atomic E-state index is 5.57. The molecule has 1 heterocycles. The van der Waals surface area contributed by atoms with Crippen LogP contribution >= 0.6 is 0 Å². The minimum absolute atomic E-state index is 0.0635. The fraction of sp³-hybridized carbons (Fsp3) is 0.889. The van der Waals surface area contributed by atoms with Crippen LogP contribution in [0.1, 0.15) is 32.1 Å². The van der Waals surface area contributed by atoms with Gasteiger partial charge in [0.05, 0.1) is 18.7 Å². The maximum absolute atomic E-state index is 5.57. The molecule has 1 aromatic heterocycles. The third-order valence-corrected chi connectivity index (χ3v) is 3.45. The summed E-state index contributed by atoms with van der Waals surface area (Å²) in [6.07, 6.45) is 1.22. The molecule has 2 N–H and O–H groups in total. The van der Waals surface area contributed by atoms with Gasteiger partial charge < -0.3 is 10.5 Å². The van der Waals surface area contributed by atoms with Gasteiger partial charge in [-0.2, -0.15) is 0 Å². The van der Waals surface area contributed by atoms with Gasteiger partial charge in [-0.05, 0) is 16.8 Å². The van der Waals surface area contributed by atoms with Crippen molar-refractivity contribution in [1.82, 2.24) is 20.2 Å². The van der Waals surface area contributed by atoms with Crippen LogP contribution in [0.2, 0.25) is 0 Å². The number of hydrogen-bond acceptors (Lipinski definition) is 5. The number of rotatable bonds is 3. The summed E-state index contributed by atoms with van der Waals surface area (Å²) < 4.78 is 7.22. The normalized spacial score (nSPS) is 28.8. The van der Waals surface area contributed by atoms with E-state index in [1.54, 1.807) is 7.11 Å². The van der Waals surface area contributed by atoms with Crippen molar-refractivity contribution < 1.29 is 4.74 Å². The van der Waals surface area contributed by atoms with Crippen molar-refractivity contribution in [1.29, 1.82) is 0 Å². The Morgan fingerprint density at radius 3 is 2.87 bits per heavy atom. The summed E-state index contributed by atoms with van der Waals surface area (Å²) in [4.78, 5) is 0. The van der Waals surface area contributed by atoms with E-state index in [9.17, 15) is 0 Å². The zero-order chi connectivity index (χ0) is 11.1. The van der Waals surface area contributed by atoms with Crippen molar-refractivity contribution in [2.45, 2.75) is 39.0 Å². The summed E-state index contributed by atoms with van der Waals surface area (Å²) in [5.74, 6) is 0.739. The van der Waals surface area contributed by atoms with Gasteiger partial charge >= 0.3 is 0 Å². The van der Waals surface area contributed by atoms with Crippen LogP contribution in [0.25, 0.3) is 0 Å². The van der Waals surface area contributed by atoms with Gasteiger partial charge in [-0.15, -0.1) is 5.10 Å². The van der Waals surface area contributed by atoms with Gasteiger partial charge in [0.25, 0.3) is 0 Å². The highest BCUT2D eigenvalue weighted by atomic mass is 16.5. The molecule has 15 heavy (non-hydrogen) atoms. The second-order valence-electron chi connectivity index (χ2n) is 4.54. The second kappa shape index (κ2) is 3.53. The van der Waals surface area contributed by atoms with E-state index >= 15 is 0 Å². The standard InChI is InChI=1S/C9H17N5O/c1-9(2)6(4-7(9)15-3)14-8(5-10)11-12-13-14/h6-7H,4-5,10H2,1-3H3. The van der Waals surface area contributed by atoms with Crippen molar-refractivity contribution >= 4 is 0 Å². The number of ether oxygens (including phenoxy) is 1. The average Bonchev–Trinajstić information content (AvgIpc) is 2.64. The molecule has 6 heteroatoms. The summed E-state index contributed by atoms with van der Waals surface area (Å²) in [6.45, 7) is 4.70. The predicted molar refractivity (Wildman–Crippen MR) is 53.9 cm³/mol. The van der Waals surface area contributed by atoms with Crippen LogP contribution in [0.5, 0.6) is 0 Å². The molecule has 1 aromatic rings. The average molecular weight is 211 g/mol. The molecule has 1 aliphatic carbocycles. The Morgan fingerprint density at radius 1 is 1.60 bits per heavy atom. The summed E-state index contributed by atoms with van der Waals surface area (Å²) in [7, 11) is 1.74. The summed E-state index contributed by atoms with van der Waals surface area (Å²) >= 11 is 0. The highest BCUT2D eigenvalue weighted by molar-refractivity contribution is 5.02. The highest BCUT2D eigenvalue weighted by Gasteiger charge is 2.50. The molecule has 1 aliphatic rings. The molecule has 0 aromatic carbocycles. The van der Waals surface area contributed by atoms with Crippen LogP contribution in [-0.4, -0.2) is 33.4 Å². The van der Waals surface area contributed by atoms with Crippen molar-refractivity contribution in [3.63, 3.8) is 0 Å². The molecule has 0 saturated heterocycles. The van der Waals surface area contributed by atoms with E-state index in [0.717, 1.165) is 12.2 Å². The quantitative estimate of drug-likeness (QED) is 0.768. The van der Waals surface area contributed by atoms with Crippen LogP contribution < -0.4 is 5.73 Å². The molecule has 0 aliphatic heterocycles. The van der Waals surface area contributed by atoms with Crippen molar-refractivity contribution in [3.8, 4) is 0 Å². The molecule has 1 saturated carbocycles. The molecule has 6 nitrogen and oxygen atoms in total. The Morgan fingerprint density at radius 2 is 2.33 bits per heavy atom. The molecule has 84 valence electrons. The number of methoxy groups -OCH3 is 1. The lowest BCUT2D eigenvalue weighted by Gasteiger charge is -2.50. The van der Waals surface area contributed by atoms with E-state index in [-0.39, 0.29) is 17.6 Å². The van der Waals surface area contributed by atoms with Gasteiger partial charge in [0.1, 0.15) is 0 Å². The molecule has 2 atom stereocenters. The lowest BCUT2D eigenvalue weighted by atomic mass is 9.64. The Balaban J connectivity index is 2.21. The fourth-order valence-electron chi connectivity index (χ4n) is 2.27. The first-order valence-corrected chi connectivity index (χ1v) is 5.11. The largest absolute Gasteiger partial charge is 0.381 e. The molecule has 2 rings (SSSR count). The fourth-order valence-corrected chi connectivity index (χ4v) is 2.27. The Kier molecular flexibility index (Phi) is 2.47. The van der Waals surface area contributed by atoms with Gasteiger partial charge in [0.15, 0.2) is 5.82 Å². The van der Waals surface area contributed by atoms with Gasteiger partial charge in [0, 0.05) is 12.5 Å². The van der Waals surface area contributed by atoms with Crippen molar-refractivity contribution in [2.75, 3.05) is 7.11 Å². The molecule has 0 spiro atoms. The number of aromatic nitrogens is 4. The monoisotopic (exact) mass is 211 g/mol. The minimum Gasteiger partial charge on any atom is -0.381 e. The number of nitrogens with two attached hydrogens (primary N) is 1. The maximum Gasteiger partial charge on any atom is 0.165 e. The highest BCUT2D eigenvalue weighted by Crippen LogP contribution is 2.50. The lowest BCUT2D eigenvalue weighted by molar-refractivity contribution is -0.117. The summed E-state index contributed by atoms with van der Waals surface area (Å²) in [6, 6.07) is 0.288. The number of tetrazole rings is 1. The SMILES string of the molecule is COC1CC(n2nnnc2CN)C1(C)C. The van der Waals surface area contributed by atoms with Crippen LogP contribution in [-0.2, 0) is 11.3 Å². The lowest BCUT2D eigenvalue weighted by Crippen LogP contribution is -2.51. The molecule has 2 unspecified atom stereocenters. The molecular formula is C9H17N5O. The van der Waals surface area contributed by atoms with E-state index in [4.69, 9.17) is 10.5 Å². The van der Waals surface area contributed by atoms with Gasteiger partial charge in [-0.1, -0.05) is 13.8 Å². The van der Waals surface area contributed by atoms with Crippen LogP contribution in [0, 0.1) is 5.41 Å². The topological polar surface area (TPSA) is 78.8 Å². The Hall–Kier alpha value is -1.01. The van der Waals surface area contributed by atoms with Gasteiger partial charge in [-0.25, -0.2) is 4.68 Å². The zero-order valence-electron chi connectivity index (χ0n) is 9.34. The predicted octanol–water partition coefficient (Wildman–Crippen LogP) is 0.118. The van der Waals surface area contributed by atoms with E-state index in [2.05, 4.69) is 29.4 Å². The molecule has 0 radical (unpaired) electrons. The Bertz CT molecular complexity index is 348. The summed E-state index contributed by atoms with van der Waals surface area (Å²) in [5.41, 5.74) is 5.64. The third-order valence-electron chi connectivity index (χ3n) is 3.45. The third kappa shape index (κ3) is 1.44. The molecule has 0 amide bonds. The smallest absolute Gasteiger partial charge is 0.165 e. The van der Waals surface area contributed by atoms with E-state index in [1.807, 2.05) is 4.68 Å². The molecule has 1 fully saturated rings. The van der Waals surface area contributed by atoms with Gasteiger partial charge in [-0.3, -0.25) is 0 Å². The van der Waals surface area contributed by atoms with E-state index < -0.39 is 0 Å². The van der Waals surface area contributed by atoms with Crippen LogP contribution in [0.3, 0.4) is 0 Å². The first-order valence-electron chi connectivity index (χ1n) is 5.11. The second-order valence-corrected chi connectivity index (χ2v) is 4.54. The van der Waals surface area contributed by atoms with Gasteiger partial charge in [0.2, 0.25) is 0 Å². The molecule has 0 bridgehead atoms. The summed E-state index contributed by atoms with van der Waals surface area (Å²) in [5, 5.41) is 11.5. The van der Waals surface area contributed by atoms with Crippen molar-refractivity contribution in [2.24, 2.45) is 11.1 Å². The van der Waals surface area contributed by atoms with Crippen LogP contribution in [0.4, 0.5) is 0 Å².